The molecule has 106 valence electrons. The zero-order valence-corrected chi connectivity index (χ0v) is 11.7. The average Bonchev–Trinajstić information content (AvgIpc) is 2.49. The summed E-state index contributed by atoms with van der Waals surface area (Å²) < 4.78 is 18.6. The Morgan fingerprint density at radius 1 is 1.29 bits per heavy atom. The molecular formula is C16H11ClFNO2. The van der Waals surface area contributed by atoms with E-state index in [1.54, 1.807) is 24.3 Å². The zero-order valence-electron chi connectivity index (χ0n) is 11.0. The van der Waals surface area contributed by atoms with Gasteiger partial charge in [-0.15, -0.1) is 0 Å². The molecule has 0 amide bonds. The summed E-state index contributed by atoms with van der Waals surface area (Å²) in [6.07, 6.45) is -0.233. The van der Waals surface area contributed by atoms with Gasteiger partial charge in [-0.3, -0.25) is 4.79 Å². The second-order valence-electron chi connectivity index (χ2n) is 4.35. The third-order valence-corrected chi connectivity index (χ3v) is 3.19. The highest BCUT2D eigenvalue weighted by atomic mass is 35.5. The van der Waals surface area contributed by atoms with Crippen molar-refractivity contribution in [3.05, 3.63) is 70.0 Å². The normalized spacial score (nSPS) is 9.95. The van der Waals surface area contributed by atoms with E-state index in [2.05, 4.69) is 0 Å². The highest BCUT2D eigenvalue weighted by Crippen LogP contribution is 2.20. The Balaban J connectivity index is 1.98. The van der Waals surface area contributed by atoms with Crippen LogP contribution in [0.5, 0.6) is 0 Å². The number of hydrogen-bond acceptors (Lipinski definition) is 3. The minimum Gasteiger partial charge on any atom is -0.461 e. The molecule has 2 rings (SSSR count). The molecule has 0 radical (unpaired) electrons. The Morgan fingerprint density at radius 3 is 2.76 bits per heavy atom. The van der Waals surface area contributed by atoms with Crippen LogP contribution >= 0.6 is 11.6 Å². The lowest BCUT2D eigenvalue weighted by molar-refractivity contribution is -0.144. The van der Waals surface area contributed by atoms with Crippen molar-refractivity contribution in [2.24, 2.45) is 0 Å². The molecule has 0 spiro atoms. The van der Waals surface area contributed by atoms with Gasteiger partial charge in [-0.1, -0.05) is 29.8 Å². The van der Waals surface area contributed by atoms with Crippen molar-refractivity contribution in [2.45, 2.75) is 13.0 Å². The molecule has 5 heteroatoms. The Hall–Kier alpha value is -2.38. The van der Waals surface area contributed by atoms with Gasteiger partial charge in [0.05, 0.1) is 18.1 Å². The molecule has 2 aromatic rings. The third-order valence-electron chi connectivity index (χ3n) is 2.84. The van der Waals surface area contributed by atoms with E-state index in [0.29, 0.717) is 11.1 Å². The van der Waals surface area contributed by atoms with Crippen molar-refractivity contribution in [1.82, 2.24) is 0 Å². The van der Waals surface area contributed by atoms with Crippen LogP contribution in [0.3, 0.4) is 0 Å². The van der Waals surface area contributed by atoms with Crippen LogP contribution in [0, 0.1) is 17.1 Å². The number of ether oxygens (including phenoxy) is 1. The first-order valence-corrected chi connectivity index (χ1v) is 6.55. The maximum absolute atomic E-state index is 13.5. The van der Waals surface area contributed by atoms with Crippen LogP contribution in [-0.2, 0) is 22.6 Å². The van der Waals surface area contributed by atoms with Gasteiger partial charge < -0.3 is 4.74 Å². The summed E-state index contributed by atoms with van der Waals surface area (Å²) in [6, 6.07) is 13.0. The molecule has 0 saturated heterocycles. The van der Waals surface area contributed by atoms with E-state index in [-0.39, 0.29) is 23.6 Å². The van der Waals surface area contributed by atoms with Gasteiger partial charge in [0.1, 0.15) is 12.4 Å². The number of benzene rings is 2. The first-order valence-electron chi connectivity index (χ1n) is 6.17. The lowest BCUT2D eigenvalue weighted by Gasteiger charge is -2.07. The van der Waals surface area contributed by atoms with Gasteiger partial charge in [-0.25, -0.2) is 4.39 Å². The molecule has 3 nitrogen and oxygen atoms in total. The Kier molecular flexibility index (Phi) is 4.91. The van der Waals surface area contributed by atoms with E-state index in [9.17, 15) is 9.18 Å². The summed E-state index contributed by atoms with van der Waals surface area (Å²) in [5.41, 5.74) is 1.30. The number of halogens is 2. The third kappa shape index (κ3) is 4.04. The topological polar surface area (TPSA) is 50.1 Å². The summed E-state index contributed by atoms with van der Waals surface area (Å²) in [5, 5.41) is 8.97. The van der Waals surface area contributed by atoms with Crippen LogP contribution in [0.15, 0.2) is 42.5 Å². The van der Waals surface area contributed by atoms with Crippen LogP contribution in [-0.4, -0.2) is 5.97 Å². The molecule has 0 aliphatic rings. The van der Waals surface area contributed by atoms with Crippen LogP contribution in [0.4, 0.5) is 4.39 Å². The highest BCUT2D eigenvalue weighted by Gasteiger charge is 2.13. The minimum absolute atomic E-state index is 0.0282. The first-order chi connectivity index (χ1) is 10.1. The van der Waals surface area contributed by atoms with Crippen molar-refractivity contribution in [2.75, 3.05) is 0 Å². The fourth-order valence-corrected chi connectivity index (χ4v) is 2.02. The standard InChI is InChI=1S/C16H11ClFNO2/c17-14-5-2-6-15(18)13(14)8-16(20)21-10-12-4-1-3-11(7-12)9-19/h1-7H,8,10H2. The van der Waals surface area contributed by atoms with Crippen LogP contribution in [0.2, 0.25) is 5.02 Å². The predicted molar refractivity (Wildman–Crippen MR) is 76.1 cm³/mol. The number of hydrogen-bond donors (Lipinski definition) is 0. The van der Waals surface area contributed by atoms with Crippen molar-refractivity contribution in [3.8, 4) is 6.07 Å². The molecule has 0 N–H and O–H groups in total. The molecule has 0 atom stereocenters. The van der Waals surface area contributed by atoms with Crippen LogP contribution in [0.1, 0.15) is 16.7 Å². The molecule has 0 aromatic heterocycles. The summed E-state index contributed by atoms with van der Waals surface area (Å²) >= 11 is 5.85. The summed E-state index contributed by atoms with van der Waals surface area (Å²) in [4.78, 5) is 11.7. The van der Waals surface area contributed by atoms with Gasteiger partial charge in [-0.2, -0.15) is 5.26 Å². The van der Waals surface area contributed by atoms with Gasteiger partial charge in [-0.05, 0) is 29.8 Å². The molecular weight excluding hydrogens is 293 g/mol. The van der Waals surface area contributed by atoms with Gasteiger partial charge in [0.2, 0.25) is 0 Å². The maximum Gasteiger partial charge on any atom is 0.310 e. The molecule has 21 heavy (non-hydrogen) atoms. The van der Waals surface area contributed by atoms with Crippen molar-refractivity contribution < 1.29 is 13.9 Å². The van der Waals surface area contributed by atoms with E-state index >= 15 is 0 Å². The number of carbonyl (C=O) groups excluding carboxylic acids is 1. The molecule has 0 aliphatic carbocycles. The summed E-state index contributed by atoms with van der Waals surface area (Å²) in [7, 11) is 0. The molecule has 0 heterocycles. The number of nitriles is 1. The van der Waals surface area contributed by atoms with E-state index in [1.807, 2.05) is 6.07 Å². The monoisotopic (exact) mass is 303 g/mol. The molecule has 0 fully saturated rings. The number of carbonyl (C=O) groups is 1. The predicted octanol–water partition coefficient (Wildman–Crippen LogP) is 3.64. The largest absolute Gasteiger partial charge is 0.461 e. The fraction of sp³-hybridized carbons (Fsp3) is 0.125. The smallest absolute Gasteiger partial charge is 0.310 e. The molecule has 0 unspecified atom stereocenters. The summed E-state index contributed by atoms with van der Waals surface area (Å²) in [6.45, 7) is 0.0282. The van der Waals surface area contributed by atoms with E-state index in [1.165, 1.54) is 18.2 Å². The Bertz CT molecular complexity index is 689. The molecule has 0 aliphatic heterocycles. The molecule has 2 aromatic carbocycles. The highest BCUT2D eigenvalue weighted by molar-refractivity contribution is 6.31. The van der Waals surface area contributed by atoms with Gasteiger partial charge in [0, 0.05) is 10.6 Å². The Labute approximate surface area is 126 Å². The molecule has 0 saturated carbocycles. The SMILES string of the molecule is N#Cc1cccc(COC(=O)Cc2c(F)cccc2Cl)c1. The lowest BCUT2D eigenvalue weighted by Crippen LogP contribution is -2.09. The second kappa shape index (κ2) is 6.87. The van der Waals surface area contributed by atoms with Gasteiger partial charge >= 0.3 is 5.97 Å². The Morgan fingerprint density at radius 2 is 2.05 bits per heavy atom. The van der Waals surface area contributed by atoms with E-state index in [4.69, 9.17) is 21.6 Å². The summed E-state index contributed by atoms with van der Waals surface area (Å²) in [5.74, 6) is -1.12. The van der Waals surface area contributed by atoms with Gasteiger partial charge in [0.15, 0.2) is 0 Å². The van der Waals surface area contributed by atoms with E-state index in [0.717, 1.165) is 0 Å². The number of nitrogens with zero attached hydrogens (tertiary/aromatic N) is 1. The van der Waals surface area contributed by atoms with Crippen LogP contribution < -0.4 is 0 Å². The fourth-order valence-electron chi connectivity index (χ4n) is 1.79. The van der Waals surface area contributed by atoms with Crippen LogP contribution in [0.25, 0.3) is 0 Å². The maximum atomic E-state index is 13.5. The second-order valence-corrected chi connectivity index (χ2v) is 4.76. The first kappa shape index (κ1) is 15.0. The van der Waals surface area contributed by atoms with Gasteiger partial charge in [0.25, 0.3) is 0 Å². The lowest BCUT2D eigenvalue weighted by atomic mass is 10.1. The zero-order chi connectivity index (χ0) is 15.2. The van der Waals surface area contributed by atoms with Crippen molar-refractivity contribution >= 4 is 17.6 Å². The molecule has 0 bridgehead atoms. The average molecular weight is 304 g/mol. The number of rotatable bonds is 4. The van der Waals surface area contributed by atoms with Crippen molar-refractivity contribution in [3.63, 3.8) is 0 Å². The van der Waals surface area contributed by atoms with E-state index < -0.39 is 11.8 Å². The van der Waals surface area contributed by atoms with Crippen molar-refractivity contribution in [1.29, 1.82) is 5.26 Å². The minimum atomic E-state index is -0.579. The number of esters is 1. The quantitative estimate of drug-likeness (QED) is 0.810.